The van der Waals surface area contributed by atoms with Crippen LogP contribution in [-0.4, -0.2) is 31.3 Å². The summed E-state index contributed by atoms with van der Waals surface area (Å²) in [7, 11) is 2.06. The van der Waals surface area contributed by atoms with Crippen LogP contribution in [0.2, 0.25) is 0 Å². The van der Waals surface area contributed by atoms with Crippen molar-refractivity contribution < 1.29 is 4.74 Å². The molecule has 4 heteroatoms. The maximum absolute atomic E-state index is 5.88. The lowest BCUT2D eigenvalue weighted by molar-refractivity contribution is 0.0807. The van der Waals surface area contributed by atoms with Crippen LogP contribution in [0.1, 0.15) is 12.8 Å². The summed E-state index contributed by atoms with van der Waals surface area (Å²) in [6.07, 6.45) is 5.75. The van der Waals surface area contributed by atoms with Crippen LogP contribution in [0.15, 0.2) is 18.5 Å². The van der Waals surface area contributed by atoms with E-state index in [2.05, 4.69) is 16.9 Å². The minimum Gasteiger partial charge on any atom is -0.396 e. The van der Waals surface area contributed by atoms with Crippen LogP contribution in [0.3, 0.4) is 0 Å². The van der Waals surface area contributed by atoms with Gasteiger partial charge in [0.1, 0.15) is 0 Å². The van der Waals surface area contributed by atoms with E-state index in [1.54, 1.807) is 12.4 Å². The van der Waals surface area contributed by atoms with Crippen LogP contribution in [0.25, 0.3) is 0 Å². The van der Waals surface area contributed by atoms with Gasteiger partial charge in [-0.05, 0) is 18.9 Å². The monoisotopic (exact) mass is 207 g/mol. The third-order valence-corrected chi connectivity index (χ3v) is 2.89. The Balaban J connectivity index is 2.12. The summed E-state index contributed by atoms with van der Waals surface area (Å²) in [5, 5.41) is 0. The molecule has 0 bridgehead atoms. The largest absolute Gasteiger partial charge is 0.396 e. The zero-order chi connectivity index (χ0) is 10.7. The normalized spacial score (nSPS) is 21.3. The van der Waals surface area contributed by atoms with Gasteiger partial charge in [0.25, 0.3) is 0 Å². The number of nitrogens with zero attached hydrogens (tertiary/aromatic N) is 2. The Kier molecular flexibility index (Phi) is 3.06. The summed E-state index contributed by atoms with van der Waals surface area (Å²) in [6.45, 7) is 1.68. The SMILES string of the molecule is CN(c1ccncc1N)C1CCCOC1. The average molecular weight is 207 g/mol. The van der Waals surface area contributed by atoms with E-state index in [0.717, 1.165) is 37.4 Å². The third-order valence-electron chi connectivity index (χ3n) is 2.89. The summed E-state index contributed by atoms with van der Waals surface area (Å²) in [6, 6.07) is 2.38. The van der Waals surface area contributed by atoms with Crippen LogP contribution in [-0.2, 0) is 4.74 Å². The second kappa shape index (κ2) is 4.49. The first-order valence-corrected chi connectivity index (χ1v) is 5.29. The van der Waals surface area contributed by atoms with Crippen molar-refractivity contribution in [2.45, 2.75) is 18.9 Å². The highest BCUT2D eigenvalue weighted by Crippen LogP contribution is 2.24. The first-order valence-electron chi connectivity index (χ1n) is 5.29. The number of hydrogen-bond donors (Lipinski definition) is 1. The molecule has 15 heavy (non-hydrogen) atoms. The molecule has 0 radical (unpaired) electrons. The smallest absolute Gasteiger partial charge is 0.0738 e. The Morgan fingerprint density at radius 2 is 2.47 bits per heavy atom. The Morgan fingerprint density at radius 1 is 1.60 bits per heavy atom. The standard InChI is InChI=1S/C11H17N3O/c1-14(9-3-2-6-15-8-9)11-4-5-13-7-10(11)12/h4-5,7,9H,2-3,6,8,12H2,1H3. The van der Waals surface area contributed by atoms with E-state index in [-0.39, 0.29) is 0 Å². The van der Waals surface area contributed by atoms with Crippen LogP contribution in [0.4, 0.5) is 11.4 Å². The van der Waals surface area contributed by atoms with Gasteiger partial charge in [-0.15, -0.1) is 0 Å². The van der Waals surface area contributed by atoms with Crippen molar-refractivity contribution in [2.75, 3.05) is 30.9 Å². The molecule has 0 aliphatic carbocycles. The number of aromatic nitrogens is 1. The van der Waals surface area contributed by atoms with E-state index in [0.29, 0.717) is 6.04 Å². The molecule has 0 amide bonds. The van der Waals surface area contributed by atoms with Crippen molar-refractivity contribution in [3.05, 3.63) is 18.5 Å². The maximum atomic E-state index is 5.88. The van der Waals surface area contributed by atoms with Crippen molar-refractivity contribution in [3.8, 4) is 0 Å². The molecule has 2 heterocycles. The summed E-state index contributed by atoms with van der Waals surface area (Å²) in [5.74, 6) is 0. The molecule has 1 aromatic rings. The highest BCUT2D eigenvalue weighted by molar-refractivity contribution is 5.66. The molecule has 1 atom stereocenters. The minimum absolute atomic E-state index is 0.434. The van der Waals surface area contributed by atoms with Gasteiger partial charge in [0.2, 0.25) is 0 Å². The first kappa shape index (κ1) is 10.2. The van der Waals surface area contributed by atoms with Crippen LogP contribution < -0.4 is 10.6 Å². The summed E-state index contributed by atoms with van der Waals surface area (Å²) in [4.78, 5) is 6.18. The number of nitrogens with two attached hydrogens (primary N) is 1. The number of ether oxygens (including phenoxy) is 1. The van der Waals surface area contributed by atoms with E-state index < -0.39 is 0 Å². The van der Waals surface area contributed by atoms with Gasteiger partial charge in [-0.1, -0.05) is 0 Å². The van der Waals surface area contributed by atoms with Crippen molar-refractivity contribution in [2.24, 2.45) is 0 Å². The highest BCUT2D eigenvalue weighted by Gasteiger charge is 2.19. The summed E-state index contributed by atoms with van der Waals surface area (Å²) >= 11 is 0. The molecule has 82 valence electrons. The fourth-order valence-corrected chi connectivity index (χ4v) is 1.95. The fraction of sp³-hybridized carbons (Fsp3) is 0.545. The maximum Gasteiger partial charge on any atom is 0.0738 e. The number of hydrogen-bond acceptors (Lipinski definition) is 4. The number of rotatable bonds is 2. The third kappa shape index (κ3) is 2.21. The van der Waals surface area contributed by atoms with Crippen LogP contribution >= 0.6 is 0 Å². The molecule has 0 spiro atoms. The zero-order valence-corrected chi connectivity index (χ0v) is 9.02. The van der Waals surface area contributed by atoms with Gasteiger partial charge in [0.15, 0.2) is 0 Å². The molecule has 1 aromatic heterocycles. The van der Waals surface area contributed by atoms with Gasteiger partial charge in [-0.25, -0.2) is 0 Å². The molecule has 2 rings (SSSR count). The minimum atomic E-state index is 0.434. The molecule has 2 N–H and O–H groups in total. The van der Waals surface area contributed by atoms with E-state index in [4.69, 9.17) is 10.5 Å². The van der Waals surface area contributed by atoms with Gasteiger partial charge in [0.05, 0.1) is 30.2 Å². The lowest BCUT2D eigenvalue weighted by atomic mass is 10.1. The Hall–Kier alpha value is -1.29. The van der Waals surface area contributed by atoms with E-state index in [1.807, 2.05) is 6.07 Å². The van der Waals surface area contributed by atoms with Gasteiger partial charge in [-0.2, -0.15) is 0 Å². The number of anilines is 2. The number of pyridine rings is 1. The Morgan fingerprint density at radius 3 is 3.13 bits per heavy atom. The average Bonchev–Trinajstić information content (AvgIpc) is 2.30. The van der Waals surface area contributed by atoms with Gasteiger partial charge in [-0.3, -0.25) is 4.98 Å². The highest BCUT2D eigenvalue weighted by atomic mass is 16.5. The molecule has 1 fully saturated rings. The molecular weight excluding hydrogens is 190 g/mol. The molecular formula is C11H17N3O. The van der Waals surface area contributed by atoms with Gasteiger partial charge in [0, 0.05) is 19.9 Å². The summed E-state index contributed by atoms with van der Waals surface area (Å²) in [5.41, 5.74) is 7.65. The molecule has 1 aliphatic heterocycles. The second-order valence-electron chi connectivity index (χ2n) is 3.92. The molecule has 4 nitrogen and oxygen atoms in total. The van der Waals surface area contributed by atoms with Crippen molar-refractivity contribution >= 4 is 11.4 Å². The lowest BCUT2D eigenvalue weighted by Gasteiger charge is -2.33. The predicted molar refractivity (Wildman–Crippen MR) is 60.9 cm³/mol. The molecule has 0 saturated carbocycles. The molecule has 1 saturated heterocycles. The number of nitrogen functional groups attached to an aromatic ring is 1. The fourth-order valence-electron chi connectivity index (χ4n) is 1.95. The van der Waals surface area contributed by atoms with Crippen LogP contribution in [0, 0.1) is 0 Å². The van der Waals surface area contributed by atoms with Gasteiger partial charge >= 0.3 is 0 Å². The predicted octanol–water partition coefficient (Wildman–Crippen LogP) is 1.28. The topological polar surface area (TPSA) is 51.4 Å². The molecule has 0 aromatic carbocycles. The number of likely N-dealkylation sites (N-methyl/N-ethyl adjacent to an activating group) is 1. The second-order valence-corrected chi connectivity index (χ2v) is 3.92. The van der Waals surface area contributed by atoms with Crippen molar-refractivity contribution in [1.82, 2.24) is 4.98 Å². The zero-order valence-electron chi connectivity index (χ0n) is 9.02. The van der Waals surface area contributed by atoms with Crippen LogP contribution in [0.5, 0.6) is 0 Å². The molecule has 1 aliphatic rings. The summed E-state index contributed by atoms with van der Waals surface area (Å²) < 4.78 is 5.47. The lowest BCUT2D eigenvalue weighted by Crippen LogP contribution is -2.38. The quantitative estimate of drug-likeness (QED) is 0.793. The van der Waals surface area contributed by atoms with Crippen molar-refractivity contribution in [1.29, 1.82) is 0 Å². The Labute approximate surface area is 90.0 Å². The van der Waals surface area contributed by atoms with E-state index in [1.165, 1.54) is 0 Å². The van der Waals surface area contributed by atoms with Crippen molar-refractivity contribution in [3.63, 3.8) is 0 Å². The molecule has 1 unspecified atom stereocenters. The Bertz CT molecular complexity index is 323. The first-order chi connectivity index (χ1) is 7.29. The van der Waals surface area contributed by atoms with Gasteiger partial charge < -0.3 is 15.4 Å². The van der Waals surface area contributed by atoms with E-state index >= 15 is 0 Å². The van der Waals surface area contributed by atoms with E-state index in [9.17, 15) is 0 Å².